The molecule has 2 fully saturated rings. The fourth-order valence-corrected chi connectivity index (χ4v) is 5.69. The molecule has 1 amide bonds. The van der Waals surface area contributed by atoms with E-state index in [2.05, 4.69) is 5.10 Å². The summed E-state index contributed by atoms with van der Waals surface area (Å²) in [7, 11) is -1.10. The number of aryl methyl sites for hydroxylation is 1. The number of fused-ring (bicyclic) bond motifs is 2. The molecule has 13 heteroatoms. The average molecular weight is 486 g/mol. The van der Waals surface area contributed by atoms with Gasteiger partial charge in [0.05, 0.1) is 23.9 Å². The first-order chi connectivity index (χ1) is 15.7. The van der Waals surface area contributed by atoms with Crippen molar-refractivity contribution in [3.8, 4) is 11.5 Å². The maximum absolute atomic E-state index is 14.6. The van der Waals surface area contributed by atoms with E-state index in [0.29, 0.717) is 12.8 Å². The fraction of sp³-hybridized carbons (Fsp3) is 0.500. The molecule has 3 heterocycles. The van der Waals surface area contributed by atoms with Crippen LogP contribution >= 0.6 is 0 Å². The molecule has 2 atom stereocenters. The summed E-state index contributed by atoms with van der Waals surface area (Å²) < 4.78 is 73.4. The summed E-state index contributed by atoms with van der Waals surface area (Å²) in [5, 5.41) is 3.85. The summed E-state index contributed by atoms with van der Waals surface area (Å²) in [4.78, 5) is 13.4. The first-order valence-corrected chi connectivity index (χ1v) is 11.7. The molecule has 10 nitrogen and oxygen atoms in total. The van der Waals surface area contributed by atoms with Crippen molar-refractivity contribution in [2.45, 2.75) is 29.8 Å². The van der Waals surface area contributed by atoms with Gasteiger partial charge in [0, 0.05) is 39.3 Å². The van der Waals surface area contributed by atoms with Crippen molar-refractivity contribution in [1.82, 2.24) is 19.0 Å². The smallest absolute Gasteiger partial charge is 0.410 e. The molecule has 0 N–H and O–H groups in total. The molecule has 0 unspecified atom stereocenters. The number of sulfonamides is 1. The summed E-state index contributed by atoms with van der Waals surface area (Å²) in [6, 6.07) is 0.711. The molecule has 0 radical (unpaired) electrons. The van der Waals surface area contributed by atoms with Crippen molar-refractivity contribution in [3.05, 3.63) is 36.2 Å². The Balaban J connectivity index is 1.50. The Hall–Kier alpha value is -2.77. The predicted octanol–water partition coefficient (Wildman–Crippen LogP) is 2.11. The lowest BCUT2D eigenvalue weighted by atomic mass is 10.2. The number of benzene rings is 1. The quantitative estimate of drug-likeness (QED) is 0.552. The van der Waals surface area contributed by atoms with Gasteiger partial charge in [0.15, 0.2) is 23.1 Å². The largest absolute Gasteiger partial charge is 0.448 e. The van der Waals surface area contributed by atoms with Gasteiger partial charge in [-0.3, -0.25) is 9.58 Å². The SMILES string of the molecule is COCCOC(=O)N1[C@@H]2CC[C@H]1CN(S(=O)(=O)c1cc(F)c(Oc3cnn(C)c3)c(F)c1)C2. The Morgan fingerprint density at radius 3 is 2.33 bits per heavy atom. The minimum atomic E-state index is -4.21. The molecule has 1 aromatic carbocycles. The number of hydrogen-bond acceptors (Lipinski definition) is 7. The summed E-state index contributed by atoms with van der Waals surface area (Å²) in [6.45, 7) is 0.372. The number of carbonyl (C=O) groups excluding carboxylic acids is 1. The van der Waals surface area contributed by atoms with Gasteiger partial charge in [-0.1, -0.05) is 0 Å². The molecule has 0 saturated carbocycles. The second kappa shape index (κ2) is 9.23. The van der Waals surface area contributed by atoms with Crippen molar-refractivity contribution in [3.63, 3.8) is 0 Å². The highest BCUT2D eigenvalue weighted by Gasteiger charge is 2.46. The van der Waals surface area contributed by atoms with Gasteiger partial charge in [0.25, 0.3) is 0 Å². The number of halogens is 2. The third-order valence-electron chi connectivity index (χ3n) is 5.68. The highest BCUT2D eigenvalue weighted by atomic mass is 32.2. The van der Waals surface area contributed by atoms with Gasteiger partial charge in [-0.05, 0) is 25.0 Å². The molecule has 1 aromatic heterocycles. The van der Waals surface area contributed by atoms with E-state index in [4.69, 9.17) is 14.2 Å². The third kappa shape index (κ3) is 4.66. The van der Waals surface area contributed by atoms with Crippen molar-refractivity contribution < 1.29 is 36.2 Å². The lowest BCUT2D eigenvalue weighted by Crippen LogP contribution is -2.57. The number of amides is 1. The first kappa shape index (κ1) is 23.4. The molecule has 33 heavy (non-hydrogen) atoms. The Morgan fingerprint density at radius 1 is 1.15 bits per heavy atom. The minimum Gasteiger partial charge on any atom is -0.448 e. The van der Waals surface area contributed by atoms with Crippen LogP contribution in [0.3, 0.4) is 0 Å². The fourth-order valence-electron chi connectivity index (χ4n) is 4.15. The van der Waals surface area contributed by atoms with E-state index in [-0.39, 0.29) is 44.1 Å². The van der Waals surface area contributed by atoms with Crippen LogP contribution in [0.5, 0.6) is 11.5 Å². The number of aromatic nitrogens is 2. The van der Waals surface area contributed by atoms with Crippen LogP contribution in [0.2, 0.25) is 0 Å². The van der Waals surface area contributed by atoms with Crippen molar-refractivity contribution in [2.75, 3.05) is 33.4 Å². The van der Waals surface area contributed by atoms with E-state index in [0.717, 1.165) is 16.4 Å². The van der Waals surface area contributed by atoms with Crippen LogP contribution in [0.25, 0.3) is 0 Å². The van der Waals surface area contributed by atoms with Gasteiger partial charge < -0.3 is 14.2 Å². The third-order valence-corrected chi connectivity index (χ3v) is 7.49. The van der Waals surface area contributed by atoms with E-state index in [9.17, 15) is 22.0 Å². The first-order valence-electron chi connectivity index (χ1n) is 10.3. The molecular weight excluding hydrogens is 462 g/mol. The number of hydrogen-bond donors (Lipinski definition) is 0. The maximum atomic E-state index is 14.6. The Bertz CT molecular complexity index is 1100. The number of piperazine rings is 1. The lowest BCUT2D eigenvalue weighted by Gasteiger charge is -2.39. The van der Waals surface area contributed by atoms with E-state index < -0.39 is 38.4 Å². The van der Waals surface area contributed by atoms with Crippen LogP contribution in [0, 0.1) is 11.6 Å². The molecule has 2 aliphatic rings. The second-order valence-corrected chi connectivity index (χ2v) is 9.83. The van der Waals surface area contributed by atoms with Crippen molar-refractivity contribution in [1.29, 1.82) is 0 Å². The highest BCUT2D eigenvalue weighted by Crippen LogP contribution is 2.35. The Kier molecular flexibility index (Phi) is 6.54. The van der Waals surface area contributed by atoms with Gasteiger partial charge in [-0.2, -0.15) is 9.40 Å². The zero-order valence-corrected chi connectivity index (χ0v) is 18.9. The maximum Gasteiger partial charge on any atom is 0.410 e. The average Bonchev–Trinajstić information content (AvgIpc) is 3.29. The zero-order chi connectivity index (χ0) is 23.8. The zero-order valence-electron chi connectivity index (χ0n) is 18.1. The van der Waals surface area contributed by atoms with Crippen LogP contribution in [-0.4, -0.2) is 79.0 Å². The number of ether oxygens (including phenoxy) is 3. The van der Waals surface area contributed by atoms with Gasteiger partial charge in [-0.25, -0.2) is 22.0 Å². The topological polar surface area (TPSA) is 103 Å². The number of rotatable bonds is 7. The van der Waals surface area contributed by atoms with Crippen LogP contribution in [-0.2, 0) is 26.5 Å². The minimum absolute atomic E-state index is 0.00931. The number of methoxy groups -OCH3 is 1. The second-order valence-electron chi connectivity index (χ2n) is 7.89. The van der Waals surface area contributed by atoms with E-state index in [1.165, 1.54) is 24.2 Å². The van der Waals surface area contributed by atoms with Crippen molar-refractivity contribution in [2.24, 2.45) is 7.05 Å². The van der Waals surface area contributed by atoms with Crippen molar-refractivity contribution >= 4 is 16.1 Å². The van der Waals surface area contributed by atoms with E-state index in [1.54, 1.807) is 11.9 Å². The molecular formula is C20H24F2N4O6S. The highest BCUT2D eigenvalue weighted by molar-refractivity contribution is 7.89. The lowest BCUT2D eigenvalue weighted by molar-refractivity contribution is 0.0436. The molecule has 180 valence electrons. The predicted molar refractivity (Wildman–Crippen MR) is 110 cm³/mol. The molecule has 2 saturated heterocycles. The summed E-state index contributed by atoms with van der Waals surface area (Å²) in [5.41, 5.74) is 0. The van der Waals surface area contributed by atoms with E-state index >= 15 is 0 Å². The normalized spacial score (nSPS) is 20.8. The molecule has 2 aromatic rings. The number of nitrogens with zero attached hydrogens (tertiary/aromatic N) is 4. The van der Waals surface area contributed by atoms with Gasteiger partial charge in [-0.15, -0.1) is 0 Å². The summed E-state index contributed by atoms with van der Waals surface area (Å²) >= 11 is 0. The Morgan fingerprint density at radius 2 is 1.79 bits per heavy atom. The summed E-state index contributed by atoms with van der Waals surface area (Å²) in [5.74, 6) is -2.91. The van der Waals surface area contributed by atoms with Crippen LogP contribution in [0.15, 0.2) is 29.4 Å². The van der Waals surface area contributed by atoms with E-state index in [1.807, 2.05) is 0 Å². The molecule has 2 bridgehead atoms. The summed E-state index contributed by atoms with van der Waals surface area (Å²) in [6.07, 6.45) is 3.39. The van der Waals surface area contributed by atoms with Crippen LogP contribution in [0.1, 0.15) is 12.8 Å². The Labute approximate surface area is 189 Å². The molecule has 4 rings (SSSR count). The monoisotopic (exact) mass is 486 g/mol. The molecule has 0 spiro atoms. The van der Waals surface area contributed by atoms with Gasteiger partial charge >= 0.3 is 6.09 Å². The standard InChI is InChI=1S/C20H24F2N4O6S/c1-24-12-15(9-23-24)32-19-17(21)7-16(8-18(19)22)33(28,29)25-10-13-3-4-14(11-25)26(13)20(27)31-6-5-30-2/h7-9,12-14H,3-6,10-11H2,1-2H3/t13-,14+. The molecule has 0 aliphatic carbocycles. The molecule has 2 aliphatic heterocycles. The van der Waals surface area contributed by atoms with Gasteiger partial charge in [0.1, 0.15) is 6.61 Å². The van der Waals surface area contributed by atoms with Crippen LogP contribution < -0.4 is 4.74 Å². The van der Waals surface area contributed by atoms with Crippen LogP contribution in [0.4, 0.5) is 13.6 Å². The number of carbonyl (C=O) groups is 1. The van der Waals surface area contributed by atoms with Gasteiger partial charge in [0.2, 0.25) is 10.0 Å².